The summed E-state index contributed by atoms with van der Waals surface area (Å²) < 4.78 is 22.4. The number of benzene rings is 3. The van der Waals surface area contributed by atoms with Gasteiger partial charge in [0.25, 0.3) is 0 Å². The minimum absolute atomic E-state index is 0.0386. The zero-order valence-corrected chi connectivity index (χ0v) is 25.6. The van der Waals surface area contributed by atoms with Crippen LogP contribution in [0.1, 0.15) is 37.3 Å². The van der Waals surface area contributed by atoms with Crippen LogP contribution in [0.4, 0.5) is 0 Å². The lowest BCUT2D eigenvalue weighted by Crippen LogP contribution is -2.52. The van der Waals surface area contributed by atoms with Gasteiger partial charge in [0, 0.05) is 50.8 Å². The van der Waals surface area contributed by atoms with Crippen molar-refractivity contribution in [2.45, 2.75) is 32.7 Å². The fourth-order valence-electron chi connectivity index (χ4n) is 6.07. The molecule has 0 bridgehead atoms. The van der Waals surface area contributed by atoms with E-state index in [4.69, 9.17) is 18.9 Å². The number of ether oxygens (including phenoxy) is 4. The molecule has 234 valence electrons. The summed E-state index contributed by atoms with van der Waals surface area (Å²) in [6.45, 7) is 7.05. The van der Waals surface area contributed by atoms with E-state index in [-0.39, 0.29) is 38.2 Å². The second kappa shape index (κ2) is 13.4. The van der Waals surface area contributed by atoms with Crippen molar-refractivity contribution in [1.82, 2.24) is 14.7 Å². The van der Waals surface area contributed by atoms with Gasteiger partial charge >= 0.3 is 5.97 Å². The lowest BCUT2D eigenvalue weighted by Gasteiger charge is -2.38. The molecule has 0 saturated carbocycles. The van der Waals surface area contributed by atoms with E-state index in [2.05, 4.69) is 4.90 Å². The van der Waals surface area contributed by atoms with Crippen molar-refractivity contribution in [3.05, 3.63) is 95.2 Å². The van der Waals surface area contributed by atoms with Crippen molar-refractivity contribution in [3.8, 4) is 23.0 Å². The largest absolute Gasteiger partial charge is 0.463 e. The van der Waals surface area contributed by atoms with Crippen molar-refractivity contribution in [1.29, 1.82) is 0 Å². The maximum absolute atomic E-state index is 13.6. The Hall–Kier alpha value is -4.83. The topological polar surface area (TPSA) is 97.9 Å². The van der Waals surface area contributed by atoms with Crippen LogP contribution >= 0.6 is 0 Å². The van der Waals surface area contributed by atoms with Gasteiger partial charge in [-0.15, -0.1) is 0 Å². The third kappa shape index (κ3) is 6.81. The van der Waals surface area contributed by atoms with E-state index in [1.807, 2.05) is 72.8 Å². The number of nitrogens with zero attached hydrogens (tertiary/aromatic N) is 3. The summed E-state index contributed by atoms with van der Waals surface area (Å²) in [7, 11) is 0. The molecular weight excluding hydrogens is 574 g/mol. The van der Waals surface area contributed by atoms with Crippen LogP contribution in [-0.4, -0.2) is 78.6 Å². The van der Waals surface area contributed by atoms with Crippen molar-refractivity contribution >= 4 is 17.8 Å². The second-order valence-electron chi connectivity index (χ2n) is 11.3. The number of allylic oxidation sites excluding steroid dienone is 1. The number of fused-ring (bicyclic) bond motifs is 1. The van der Waals surface area contributed by atoms with Crippen molar-refractivity contribution in [3.63, 3.8) is 0 Å². The second-order valence-corrected chi connectivity index (χ2v) is 11.3. The van der Waals surface area contributed by atoms with Gasteiger partial charge in [0.2, 0.25) is 18.6 Å². The van der Waals surface area contributed by atoms with Gasteiger partial charge in [-0.25, -0.2) is 4.79 Å². The zero-order chi connectivity index (χ0) is 31.3. The van der Waals surface area contributed by atoms with Crippen molar-refractivity contribution in [2.24, 2.45) is 0 Å². The van der Waals surface area contributed by atoms with E-state index in [1.54, 1.807) is 18.7 Å². The molecule has 10 heteroatoms. The molecule has 45 heavy (non-hydrogen) atoms. The van der Waals surface area contributed by atoms with Crippen LogP contribution < -0.4 is 14.2 Å². The number of amides is 2. The zero-order valence-electron chi connectivity index (χ0n) is 25.6. The standard InChI is InChI=1S/C35H37N3O7/c1-3-42-35(41)34-24(2)38(32(39)20-29(34)26-8-7-11-28(19-26)45-27-9-5-4-6-10-27)22-33(40)37-16-14-36(15-17-37)21-25-12-13-30-31(18-25)44-23-43-30/h4-13,18-19,29H,3,14-17,20-23H2,1-2H3. The van der Waals surface area contributed by atoms with E-state index in [0.29, 0.717) is 48.9 Å². The number of hydrogen-bond donors (Lipinski definition) is 0. The van der Waals surface area contributed by atoms with Crippen LogP contribution in [0.2, 0.25) is 0 Å². The summed E-state index contributed by atoms with van der Waals surface area (Å²) in [6, 6.07) is 22.8. The van der Waals surface area contributed by atoms with Crippen LogP contribution in [-0.2, 0) is 25.7 Å². The van der Waals surface area contributed by atoms with E-state index in [0.717, 1.165) is 29.2 Å². The molecule has 1 saturated heterocycles. The van der Waals surface area contributed by atoms with Gasteiger partial charge in [0.05, 0.1) is 12.2 Å². The molecule has 3 heterocycles. The minimum atomic E-state index is -0.526. The molecule has 3 aliphatic rings. The quantitative estimate of drug-likeness (QED) is 0.321. The van der Waals surface area contributed by atoms with Crippen LogP contribution in [0.3, 0.4) is 0 Å². The normalized spacial score (nSPS) is 18.3. The van der Waals surface area contributed by atoms with E-state index < -0.39 is 11.9 Å². The molecule has 0 aliphatic carbocycles. The Kier molecular flexibility index (Phi) is 9.02. The molecule has 2 amide bonds. The van der Waals surface area contributed by atoms with Gasteiger partial charge in [0.1, 0.15) is 18.0 Å². The first-order chi connectivity index (χ1) is 21.9. The minimum Gasteiger partial charge on any atom is -0.463 e. The fourth-order valence-corrected chi connectivity index (χ4v) is 6.07. The number of hydrogen-bond acceptors (Lipinski definition) is 8. The van der Waals surface area contributed by atoms with Crippen molar-refractivity contribution < 1.29 is 33.3 Å². The van der Waals surface area contributed by atoms with Crippen molar-refractivity contribution in [2.75, 3.05) is 46.1 Å². The van der Waals surface area contributed by atoms with Crippen LogP contribution in [0.25, 0.3) is 0 Å². The lowest BCUT2D eigenvalue weighted by molar-refractivity contribution is -0.143. The number of carbonyl (C=O) groups excluding carboxylic acids is 3. The molecule has 0 spiro atoms. The molecule has 1 fully saturated rings. The SMILES string of the molecule is CCOC(=O)C1=C(C)N(CC(=O)N2CCN(Cc3ccc4c(c3)OCO4)CC2)C(=O)CC1c1cccc(Oc2ccccc2)c1. The van der Waals surface area contributed by atoms with E-state index in [1.165, 1.54) is 4.90 Å². The Balaban J connectivity index is 1.13. The number of para-hydroxylation sites is 1. The highest BCUT2D eigenvalue weighted by Gasteiger charge is 2.38. The molecule has 10 nitrogen and oxygen atoms in total. The molecule has 3 aromatic rings. The molecule has 1 atom stereocenters. The van der Waals surface area contributed by atoms with Gasteiger partial charge in [-0.2, -0.15) is 0 Å². The molecule has 3 aliphatic heterocycles. The summed E-state index contributed by atoms with van der Waals surface area (Å²) >= 11 is 0. The Morgan fingerprint density at radius 1 is 0.889 bits per heavy atom. The lowest BCUT2D eigenvalue weighted by atomic mass is 9.83. The summed E-state index contributed by atoms with van der Waals surface area (Å²) in [5.74, 6) is 1.42. The highest BCUT2D eigenvalue weighted by molar-refractivity contribution is 5.97. The number of rotatable bonds is 9. The predicted octanol–water partition coefficient (Wildman–Crippen LogP) is 4.71. The number of piperazine rings is 1. The Labute approximate surface area is 262 Å². The van der Waals surface area contributed by atoms with Gasteiger partial charge in [-0.05, 0) is 61.4 Å². The first kappa shape index (κ1) is 30.2. The van der Waals surface area contributed by atoms with Gasteiger partial charge in [-0.3, -0.25) is 14.5 Å². The van der Waals surface area contributed by atoms with E-state index >= 15 is 0 Å². The third-order valence-corrected chi connectivity index (χ3v) is 8.42. The summed E-state index contributed by atoms with van der Waals surface area (Å²) in [6.07, 6.45) is 0.0386. The average Bonchev–Trinajstić information content (AvgIpc) is 3.52. The van der Waals surface area contributed by atoms with Crippen LogP contribution in [0, 0.1) is 0 Å². The van der Waals surface area contributed by atoms with Crippen LogP contribution in [0.5, 0.6) is 23.0 Å². The summed E-state index contributed by atoms with van der Waals surface area (Å²) in [4.78, 5) is 45.8. The maximum Gasteiger partial charge on any atom is 0.336 e. The highest BCUT2D eigenvalue weighted by atomic mass is 16.7. The predicted molar refractivity (Wildman–Crippen MR) is 166 cm³/mol. The number of carbonyl (C=O) groups is 3. The Morgan fingerprint density at radius 3 is 2.42 bits per heavy atom. The number of esters is 1. The molecule has 1 unspecified atom stereocenters. The van der Waals surface area contributed by atoms with Gasteiger partial charge in [-0.1, -0.05) is 36.4 Å². The third-order valence-electron chi connectivity index (χ3n) is 8.42. The monoisotopic (exact) mass is 611 g/mol. The molecule has 6 rings (SSSR count). The molecule has 3 aromatic carbocycles. The average molecular weight is 612 g/mol. The summed E-state index contributed by atoms with van der Waals surface area (Å²) in [5, 5.41) is 0. The molecule has 0 aromatic heterocycles. The van der Waals surface area contributed by atoms with Gasteiger partial charge in [0.15, 0.2) is 11.5 Å². The Bertz CT molecular complexity index is 1600. The Morgan fingerprint density at radius 2 is 1.64 bits per heavy atom. The van der Waals surface area contributed by atoms with Crippen LogP contribution in [0.15, 0.2) is 84.1 Å². The molecular formula is C35H37N3O7. The molecule has 0 N–H and O–H groups in total. The first-order valence-electron chi connectivity index (χ1n) is 15.3. The first-order valence-corrected chi connectivity index (χ1v) is 15.3. The van der Waals surface area contributed by atoms with E-state index in [9.17, 15) is 14.4 Å². The molecule has 0 radical (unpaired) electrons. The fraction of sp³-hybridized carbons (Fsp3) is 0.343. The van der Waals surface area contributed by atoms with Gasteiger partial charge < -0.3 is 28.7 Å². The smallest absolute Gasteiger partial charge is 0.336 e. The highest BCUT2D eigenvalue weighted by Crippen LogP contribution is 2.39. The maximum atomic E-state index is 13.6. The summed E-state index contributed by atoms with van der Waals surface area (Å²) in [5.41, 5.74) is 2.72.